The van der Waals surface area contributed by atoms with E-state index in [1.165, 1.54) is 18.9 Å². The first kappa shape index (κ1) is 18.7. The summed E-state index contributed by atoms with van der Waals surface area (Å²) in [5.41, 5.74) is 0.761. The number of thioether (sulfide) groups is 2. The Kier molecular flexibility index (Phi) is 6.99. The number of anilines is 1. The molecule has 0 radical (unpaired) electrons. The molecule has 1 heterocycles. The molecule has 2 N–H and O–H groups in total. The molecule has 0 aliphatic carbocycles. The summed E-state index contributed by atoms with van der Waals surface area (Å²) < 4.78 is 4.72. The molecule has 0 saturated heterocycles. The number of rotatable bonds is 7. The number of methoxy groups -OCH3 is 1. The Morgan fingerprint density at radius 1 is 1.42 bits per heavy atom. The number of carbonyl (C=O) groups excluding carboxylic acids is 3. The molecule has 1 aliphatic heterocycles. The van der Waals surface area contributed by atoms with E-state index in [2.05, 4.69) is 10.6 Å². The lowest BCUT2D eigenvalue weighted by Crippen LogP contribution is -2.44. The highest BCUT2D eigenvalue weighted by molar-refractivity contribution is 8.01. The van der Waals surface area contributed by atoms with Crippen molar-refractivity contribution in [2.45, 2.75) is 29.0 Å². The molecule has 2 rings (SSSR count). The van der Waals surface area contributed by atoms with Crippen molar-refractivity contribution >= 4 is 47.0 Å². The Labute approximate surface area is 149 Å². The Morgan fingerprint density at radius 3 is 2.88 bits per heavy atom. The van der Waals surface area contributed by atoms with Crippen molar-refractivity contribution in [3.05, 3.63) is 24.3 Å². The molecule has 0 spiro atoms. The van der Waals surface area contributed by atoms with E-state index in [-0.39, 0.29) is 18.2 Å². The van der Waals surface area contributed by atoms with Crippen molar-refractivity contribution in [2.75, 3.05) is 24.4 Å². The van der Waals surface area contributed by atoms with Gasteiger partial charge < -0.3 is 15.4 Å². The van der Waals surface area contributed by atoms with Crippen LogP contribution in [0.3, 0.4) is 0 Å². The number of hydrogen-bond donors (Lipinski definition) is 2. The van der Waals surface area contributed by atoms with Crippen LogP contribution < -0.4 is 10.6 Å². The van der Waals surface area contributed by atoms with E-state index in [0.29, 0.717) is 6.42 Å². The van der Waals surface area contributed by atoms with Crippen LogP contribution in [0.15, 0.2) is 29.2 Å². The Morgan fingerprint density at radius 2 is 2.17 bits per heavy atom. The maximum atomic E-state index is 12.2. The number of hydrogen-bond acceptors (Lipinski definition) is 6. The van der Waals surface area contributed by atoms with Gasteiger partial charge in [-0.25, -0.2) is 4.79 Å². The normalized spacial score (nSPS) is 17.4. The number of benzene rings is 1. The SMILES string of the molecule is COC(=O)[C@H](CCSC)NC(=O)C[C@@H]1Sc2ccccc2NC1=O. The summed E-state index contributed by atoms with van der Waals surface area (Å²) in [5.74, 6) is -0.277. The zero-order chi connectivity index (χ0) is 17.5. The zero-order valence-corrected chi connectivity index (χ0v) is 15.2. The van der Waals surface area contributed by atoms with Crippen molar-refractivity contribution in [3.63, 3.8) is 0 Å². The molecule has 2 atom stereocenters. The van der Waals surface area contributed by atoms with E-state index in [1.54, 1.807) is 11.8 Å². The van der Waals surface area contributed by atoms with E-state index < -0.39 is 17.3 Å². The highest BCUT2D eigenvalue weighted by Crippen LogP contribution is 2.36. The standard InChI is InChI=1S/C16H20N2O4S2/c1-22-16(21)11(7-8-23-2)17-14(19)9-13-15(20)18-10-5-3-4-6-12(10)24-13/h3-6,11,13H,7-9H2,1-2H3,(H,17,19)(H,18,20)/t11-,13-/m0/s1. The second kappa shape index (κ2) is 8.98. The summed E-state index contributed by atoms with van der Waals surface area (Å²) in [7, 11) is 1.29. The van der Waals surface area contributed by atoms with Gasteiger partial charge in [-0.1, -0.05) is 12.1 Å². The third kappa shape index (κ3) is 4.91. The van der Waals surface area contributed by atoms with Gasteiger partial charge in [-0.2, -0.15) is 11.8 Å². The fourth-order valence-corrected chi connectivity index (χ4v) is 3.86. The summed E-state index contributed by atoms with van der Waals surface area (Å²) >= 11 is 2.95. The van der Waals surface area contributed by atoms with E-state index in [1.807, 2.05) is 30.5 Å². The minimum Gasteiger partial charge on any atom is -0.467 e. The van der Waals surface area contributed by atoms with E-state index >= 15 is 0 Å². The highest BCUT2D eigenvalue weighted by atomic mass is 32.2. The minimum absolute atomic E-state index is 0.0115. The molecule has 2 amide bonds. The van der Waals surface area contributed by atoms with Crippen LogP contribution in [0.25, 0.3) is 0 Å². The maximum absolute atomic E-state index is 12.2. The number of carbonyl (C=O) groups is 3. The molecule has 0 saturated carbocycles. The summed E-state index contributed by atoms with van der Waals surface area (Å²) in [5, 5.41) is 4.96. The second-order valence-corrected chi connectivity index (χ2v) is 7.45. The summed E-state index contributed by atoms with van der Waals surface area (Å²) in [6.07, 6.45) is 2.43. The molecule has 0 unspecified atom stereocenters. The van der Waals surface area contributed by atoms with Crippen LogP contribution in [0.4, 0.5) is 5.69 Å². The topological polar surface area (TPSA) is 84.5 Å². The molecule has 0 fully saturated rings. The predicted molar refractivity (Wildman–Crippen MR) is 96.3 cm³/mol. The highest BCUT2D eigenvalue weighted by Gasteiger charge is 2.30. The van der Waals surface area contributed by atoms with Crippen LogP contribution in [-0.4, -0.2) is 48.2 Å². The Hall–Kier alpha value is -1.67. The van der Waals surface area contributed by atoms with Crippen LogP contribution in [0.5, 0.6) is 0 Å². The molecule has 130 valence electrons. The van der Waals surface area contributed by atoms with Gasteiger partial charge in [-0.3, -0.25) is 9.59 Å². The van der Waals surface area contributed by atoms with E-state index in [4.69, 9.17) is 4.74 Å². The third-order valence-electron chi connectivity index (χ3n) is 3.51. The average molecular weight is 368 g/mol. The fourth-order valence-electron chi connectivity index (χ4n) is 2.28. The third-order valence-corrected chi connectivity index (χ3v) is 5.43. The van der Waals surface area contributed by atoms with Crippen molar-refractivity contribution in [1.82, 2.24) is 5.32 Å². The van der Waals surface area contributed by atoms with Gasteiger partial charge >= 0.3 is 5.97 Å². The van der Waals surface area contributed by atoms with Crippen LogP contribution in [-0.2, 0) is 19.1 Å². The molecule has 1 aromatic rings. The van der Waals surface area contributed by atoms with Gasteiger partial charge in [0.05, 0.1) is 18.0 Å². The number of amides is 2. The molecular weight excluding hydrogens is 348 g/mol. The van der Waals surface area contributed by atoms with Gasteiger partial charge in [-0.05, 0) is 30.6 Å². The fraction of sp³-hybridized carbons (Fsp3) is 0.438. The molecule has 24 heavy (non-hydrogen) atoms. The molecule has 1 aromatic carbocycles. The second-order valence-electron chi connectivity index (χ2n) is 5.22. The summed E-state index contributed by atoms with van der Waals surface area (Å²) in [6.45, 7) is 0. The van der Waals surface area contributed by atoms with Gasteiger partial charge in [0.15, 0.2) is 0 Å². The van der Waals surface area contributed by atoms with Crippen LogP contribution in [0, 0.1) is 0 Å². The lowest BCUT2D eigenvalue weighted by Gasteiger charge is -2.24. The lowest BCUT2D eigenvalue weighted by molar-refractivity contribution is -0.145. The minimum atomic E-state index is -0.682. The van der Waals surface area contributed by atoms with Crippen molar-refractivity contribution in [1.29, 1.82) is 0 Å². The monoisotopic (exact) mass is 368 g/mol. The predicted octanol–water partition coefficient (Wildman–Crippen LogP) is 1.90. The largest absolute Gasteiger partial charge is 0.467 e. The first-order valence-electron chi connectivity index (χ1n) is 7.47. The first-order valence-corrected chi connectivity index (χ1v) is 9.75. The van der Waals surface area contributed by atoms with Gasteiger partial charge in [0.25, 0.3) is 0 Å². The Balaban J connectivity index is 1.96. The zero-order valence-electron chi connectivity index (χ0n) is 13.5. The molecule has 1 aliphatic rings. The smallest absolute Gasteiger partial charge is 0.328 e. The molecular formula is C16H20N2O4S2. The quantitative estimate of drug-likeness (QED) is 0.715. The van der Waals surface area contributed by atoms with Gasteiger partial charge in [-0.15, -0.1) is 11.8 Å². The molecule has 6 nitrogen and oxygen atoms in total. The maximum Gasteiger partial charge on any atom is 0.328 e. The van der Waals surface area contributed by atoms with Crippen molar-refractivity contribution < 1.29 is 19.1 Å². The van der Waals surface area contributed by atoms with E-state index in [9.17, 15) is 14.4 Å². The van der Waals surface area contributed by atoms with E-state index in [0.717, 1.165) is 16.3 Å². The average Bonchev–Trinajstić information content (AvgIpc) is 2.58. The molecule has 0 aromatic heterocycles. The summed E-state index contributed by atoms with van der Waals surface area (Å²) in [6, 6.07) is 6.78. The summed E-state index contributed by atoms with van der Waals surface area (Å²) in [4.78, 5) is 37.1. The first-order chi connectivity index (χ1) is 11.5. The van der Waals surface area contributed by atoms with Gasteiger partial charge in [0.2, 0.25) is 11.8 Å². The molecule has 8 heteroatoms. The number of esters is 1. The van der Waals surface area contributed by atoms with Crippen LogP contribution >= 0.6 is 23.5 Å². The lowest BCUT2D eigenvalue weighted by atomic mass is 10.2. The van der Waals surface area contributed by atoms with Crippen LogP contribution in [0.1, 0.15) is 12.8 Å². The number of nitrogens with one attached hydrogen (secondary N) is 2. The van der Waals surface area contributed by atoms with Crippen molar-refractivity contribution in [3.8, 4) is 0 Å². The Bertz CT molecular complexity index is 624. The van der Waals surface area contributed by atoms with Crippen molar-refractivity contribution in [2.24, 2.45) is 0 Å². The van der Waals surface area contributed by atoms with Gasteiger partial charge in [0, 0.05) is 11.3 Å². The van der Waals surface area contributed by atoms with Gasteiger partial charge in [0.1, 0.15) is 6.04 Å². The molecule has 0 bridgehead atoms. The van der Waals surface area contributed by atoms with Crippen LogP contribution in [0.2, 0.25) is 0 Å². The number of fused-ring (bicyclic) bond motifs is 1. The number of para-hydroxylation sites is 1. The number of ether oxygens (including phenoxy) is 1.